The molecule has 0 bridgehead atoms. The van der Waals surface area contributed by atoms with Crippen molar-refractivity contribution in [1.82, 2.24) is 0 Å². The molecule has 0 heterocycles. The molecule has 0 fully saturated rings. The van der Waals surface area contributed by atoms with Crippen molar-refractivity contribution in [2.75, 3.05) is 24.2 Å². The molecule has 0 aliphatic carbocycles. The molecule has 1 rings (SSSR count). The Morgan fingerprint density at radius 1 is 1.46 bits per heavy atom. The molecule has 1 aromatic rings. The van der Waals surface area contributed by atoms with Crippen molar-refractivity contribution >= 4 is 18.3 Å². The predicted octanol–water partition coefficient (Wildman–Crippen LogP) is 2.43. The molecule has 0 radical (unpaired) electrons. The van der Waals surface area contributed by atoms with Gasteiger partial charge in [0.2, 0.25) is 0 Å². The first-order valence-electron chi connectivity index (χ1n) is 4.44. The number of rotatable bonds is 5. The van der Waals surface area contributed by atoms with Crippen molar-refractivity contribution in [2.24, 2.45) is 0 Å². The van der Waals surface area contributed by atoms with Crippen LogP contribution in [0, 0.1) is 0 Å². The van der Waals surface area contributed by atoms with Gasteiger partial charge in [-0.2, -0.15) is 12.6 Å². The van der Waals surface area contributed by atoms with Crippen molar-refractivity contribution in [3.63, 3.8) is 0 Å². The summed E-state index contributed by atoms with van der Waals surface area (Å²) in [6.45, 7) is 3.56. The molecular formula is C10H15NOS. The minimum Gasteiger partial charge on any atom is -0.494 e. The van der Waals surface area contributed by atoms with Gasteiger partial charge in [0.1, 0.15) is 5.75 Å². The van der Waals surface area contributed by atoms with Gasteiger partial charge in [0, 0.05) is 24.1 Å². The Hall–Kier alpha value is -0.830. The van der Waals surface area contributed by atoms with Crippen LogP contribution >= 0.6 is 12.6 Å². The van der Waals surface area contributed by atoms with Crippen molar-refractivity contribution < 1.29 is 4.74 Å². The first-order chi connectivity index (χ1) is 6.36. The van der Waals surface area contributed by atoms with E-state index in [2.05, 4.69) is 17.9 Å². The molecule has 0 aromatic heterocycles. The summed E-state index contributed by atoms with van der Waals surface area (Å²) in [6, 6.07) is 7.94. The highest BCUT2D eigenvalue weighted by Gasteiger charge is 1.94. The zero-order chi connectivity index (χ0) is 9.52. The summed E-state index contributed by atoms with van der Waals surface area (Å²) in [7, 11) is 0. The standard InChI is InChI=1S/C10H15NOS/c1-2-12-10-5-3-4-9(8-10)11-6-7-13/h3-5,8,11,13H,2,6-7H2,1H3. The maximum atomic E-state index is 5.37. The third kappa shape index (κ3) is 3.59. The van der Waals surface area contributed by atoms with E-state index >= 15 is 0 Å². The monoisotopic (exact) mass is 197 g/mol. The lowest BCUT2D eigenvalue weighted by Gasteiger charge is -2.07. The maximum Gasteiger partial charge on any atom is 0.121 e. The lowest BCUT2D eigenvalue weighted by atomic mass is 10.3. The van der Waals surface area contributed by atoms with Crippen LogP contribution in [0.15, 0.2) is 24.3 Å². The van der Waals surface area contributed by atoms with E-state index in [4.69, 9.17) is 4.74 Å². The van der Waals surface area contributed by atoms with Crippen LogP contribution in [-0.2, 0) is 0 Å². The average molecular weight is 197 g/mol. The summed E-state index contributed by atoms with van der Waals surface area (Å²) in [4.78, 5) is 0. The summed E-state index contributed by atoms with van der Waals surface area (Å²) in [5.74, 6) is 1.74. The fourth-order valence-electron chi connectivity index (χ4n) is 1.06. The minimum atomic E-state index is 0.704. The molecule has 0 saturated heterocycles. The molecule has 2 nitrogen and oxygen atoms in total. The van der Waals surface area contributed by atoms with E-state index < -0.39 is 0 Å². The van der Waals surface area contributed by atoms with Gasteiger partial charge in [-0.25, -0.2) is 0 Å². The van der Waals surface area contributed by atoms with Crippen LogP contribution in [0.4, 0.5) is 5.69 Å². The molecule has 0 atom stereocenters. The van der Waals surface area contributed by atoms with Crippen molar-refractivity contribution in [3.05, 3.63) is 24.3 Å². The van der Waals surface area contributed by atoms with Gasteiger partial charge in [-0.1, -0.05) is 6.07 Å². The molecule has 0 amide bonds. The van der Waals surface area contributed by atoms with Gasteiger partial charge < -0.3 is 10.1 Å². The molecule has 1 N–H and O–H groups in total. The van der Waals surface area contributed by atoms with Crippen LogP contribution in [0.3, 0.4) is 0 Å². The maximum absolute atomic E-state index is 5.37. The first-order valence-corrected chi connectivity index (χ1v) is 5.07. The minimum absolute atomic E-state index is 0.704. The largest absolute Gasteiger partial charge is 0.494 e. The van der Waals surface area contributed by atoms with E-state index in [0.29, 0.717) is 6.61 Å². The van der Waals surface area contributed by atoms with Crippen molar-refractivity contribution in [1.29, 1.82) is 0 Å². The Bertz CT molecular complexity index is 252. The van der Waals surface area contributed by atoms with E-state index in [-0.39, 0.29) is 0 Å². The highest BCUT2D eigenvalue weighted by molar-refractivity contribution is 7.80. The van der Waals surface area contributed by atoms with Crippen LogP contribution in [0.2, 0.25) is 0 Å². The number of thiol groups is 1. The summed E-state index contributed by atoms with van der Waals surface area (Å²) < 4.78 is 5.37. The summed E-state index contributed by atoms with van der Waals surface area (Å²) >= 11 is 4.12. The summed E-state index contributed by atoms with van der Waals surface area (Å²) in [6.07, 6.45) is 0. The van der Waals surface area contributed by atoms with Gasteiger partial charge in [0.05, 0.1) is 6.61 Å². The third-order valence-electron chi connectivity index (χ3n) is 1.59. The van der Waals surface area contributed by atoms with E-state index in [0.717, 1.165) is 23.7 Å². The molecule has 0 spiro atoms. The van der Waals surface area contributed by atoms with Crippen LogP contribution in [0.25, 0.3) is 0 Å². The molecule has 0 saturated carbocycles. The fraction of sp³-hybridized carbons (Fsp3) is 0.400. The van der Waals surface area contributed by atoms with E-state index in [1.807, 2.05) is 31.2 Å². The van der Waals surface area contributed by atoms with E-state index in [9.17, 15) is 0 Å². The second kappa shape index (κ2) is 5.75. The zero-order valence-corrected chi connectivity index (χ0v) is 8.68. The summed E-state index contributed by atoms with van der Waals surface area (Å²) in [5, 5.41) is 3.24. The van der Waals surface area contributed by atoms with Crippen molar-refractivity contribution in [2.45, 2.75) is 6.92 Å². The smallest absolute Gasteiger partial charge is 0.121 e. The van der Waals surface area contributed by atoms with Gasteiger partial charge >= 0.3 is 0 Å². The van der Waals surface area contributed by atoms with Crippen molar-refractivity contribution in [3.8, 4) is 5.75 Å². The molecule has 0 aliphatic rings. The second-order valence-corrected chi connectivity index (χ2v) is 3.06. The first kappa shape index (κ1) is 10.3. The highest BCUT2D eigenvalue weighted by atomic mass is 32.1. The van der Waals surface area contributed by atoms with Crippen LogP contribution < -0.4 is 10.1 Å². The van der Waals surface area contributed by atoms with Crippen LogP contribution in [0.5, 0.6) is 5.75 Å². The molecular weight excluding hydrogens is 182 g/mol. The Morgan fingerprint density at radius 2 is 2.31 bits per heavy atom. The quantitative estimate of drug-likeness (QED) is 0.707. The Morgan fingerprint density at radius 3 is 3.00 bits per heavy atom. The lowest BCUT2D eigenvalue weighted by molar-refractivity contribution is 0.340. The number of benzene rings is 1. The Balaban J connectivity index is 2.56. The number of nitrogens with one attached hydrogen (secondary N) is 1. The highest BCUT2D eigenvalue weighted by Crippen LogP contribution is 2.16. The van der Waals surface area contributed by atoms with Gasteiger partial charge in [-0.05, 0) is 19.1 Å². The summed E-state index contributed by atoms with van der Waals surface area (Å²) in [5.41, 5.74) is 1.08. The van der Waals surface area contributed by atoms with E-state index in [1.54, 1.807) is 0 Å². The predicted molar refractivity (Wildman–Crippen MR) is 60.0 cm³/mol. The van der Waals surface area contributed by atoms with Crippen LogP contribution in [0.1, 0.15) is 6.92 Å². The van der Waals surface area contributed by atoms with Gasteiger partial charge in [-0.15, -0.1) is 0 Å². The fourth-order valence-corrected chi connectivity index (χ4v) is 1.17. The van der Waals surface area contributed by atoms with Gasteiger partial charge in [0.15, 0.2) is 0 Å². The van der Waals surface area contributed by atoms with Gasteiger partial charge in [0.25, 0.3) is 0 Å². The van der Waals surface area contributed by atoms with E-state index in [1.165, 1.54) is 0 Å². The number of hydrogen-bond acceptors (Lipinski definition) is 3. The molecule has 3 heteroatoms. The molecule has 0 unspecified atom stereocenters. The average Bonchev–Trinajstić information content (AvgIpc) is 2.16. The number of anilines is 1. The number of hydrogen-bond donors (Lipinski definition) is 2. The zero-order valence-electron chi connectivity index (χ0n) is 7.79. The second-order valence-electron chi connectivity index (χ2n) is 2.61. The topological polar surface area (TPSA) is 21.3 Å². The Labute approximate surface area is 84.7 Å². The molecule has 72 valence electrons. The lowest BCUT2D eigenvalue weighted by Crippen LogP contribution is -2.02. The normalized spacial score (nSPS) is 9.69. The van der Waals surface area contributed by atoms with Gasteiger partial charge in [-0.3, -0.25) is 0 Å². The molecule has 1 aromatic carbocycles. The molecule has 13 heavy (non-hydrogen) atoms. The third-order valence-corrected chi connectivity index (χ3v) is 1.81. The SMILES string of the molecule is CCOc1cccc(NCCS)c1. The Kier molecular flexibility index (Phi) is 4.54. The molecule has 0 aliphatic heterocycles. The number of ether oxygens (including phenoxy) is 1. The van der Waals surface area contributed by atoms with Crippen LogP contribution in [-0.4, -0.2) is 18.9 Å².